The molecule has 0 spiro atoms. The Balaban J connectivity index is 1.59. The van der Waals surface area contributed by atoms with Crippen LogP contribution in [0.4, 0.5) is 5.69 Å². The molecule has 2 atom stereocenters. The fraction of sp³-hybridized carbons (Fsp3) is 0.389. The third-order valence-corrected chi connectivity index (χ3v) is 5.14. The highest BCUT2D eigenvalue weighted by Gasteiger charge is 2.34. The summed E-state index contributed by atoms with van der Waals surface area (Å²) < 4.78 is 1.90. The predicted molar refractivity (Wildman–Crippen MR) is 89.9 cm³/mol. The smallest absolute Gasteiger partial charge is 0.273 e. The van der Waals surface area contributed by atoms with Crippen molar-refractivity contribution in [3.63, 3.8) is 0 Å². The molecule has 6 nitrogen and oxygen atoms in total. The minimum atomic E-state index is -0.311. The fourth-order valence-electron chi connectivity index (χ4n) is 4.19. The summed E-state index contributed by atoms with van der Waals surface area (Å²) in [6.07, 6.45) is 1.09. The monoisotopic (exact) mass is 325 g/mol. The number of piperidine rings is 1. The molecule has 2 aliphatic heterocycles. The number of nitrogens with zero attached hydrogens (tertiary/aromatic N) is 3. The average molecular weight is 325 g/mol. The molecule has 1 saturated heterocycles. The second kappa shape index (κ2) is 5.87. The number of likely N-dealkylation sites (tertiary alicyclic amines) is 1. The number of hydrogen-bond donors (Lipinski definition) is 0. The van der Waals surface area contributed by atoms with Gasteiger partial charge in [0.15, 0.2) is 0 Å². The van der Waals surface area contributed by atoms with E-state index in [0.717, 1.165) is 37.3 Å². The second-order valence-electron chi connectivity index (χ2n) is 6.78. The van der Waals surface area contributed by atoms with Crippen molar-refractivity contribution in [2.45, 2.75) is 25.4 Å². The summed E-state index contributed by atoms with van der Waals surface area (Å²) in [6.45, 7) is 3.05. The molecule has 2 aliphatic rings. The Labute approximate surface area is 139 Å². The van der Waals surface area contributed by atoms with Gasteiger partial charge in [0, 0.05) is 55.5 Å². The summed E-state index contributed by atoms with van der Waals surface area (Å²) in [5, 5.41) is 11.2. The van der Waals surface area contributed by atoms with Gasteiger partial charge in [-0.2, -0.15) is 0 Å². The van der Waals surface area contributed by atoms with Crippen LogP contribution in [0, 0.1) is 16.0 Å². The maximum atomic E-state index is 12.1. The quantitative estimate of drug-likeness (QED) is 0.642. The first-order valence-corrected chi connectivity index (χ1v) is 8.26. The van der Waals surface area contributed by atoms with E-state index in [4.69, 9.17) is 0 Å². The molecule has 24 heavy (non-hydrogen) atoms. The van der Waals surface area contributed by atoms with Gasteiger partial charge < -0.3 is 4.57 Å². The zero-order chi connectivity index (χ0) is 16.7. The normalized spacial score (nSPS) is 22.8. The van der Waals surface area contributed by atoms with Gasteiger partial charge in [-0.25, -0.2) is 0 Å². The highest BCUT2D eigenvalue weighted by molar-refractivity contribution is 5.39. The number of aromatic nitrogens is 1. The molecule has 4 rings (SSSR count). The van der Waals surface area contributed by atoms with Crippen molar-refractivity contribution in [1.29, 1.82) is 0 Å². The minimum Gasteiger partial charge on any atom is -0.312 e. The van der Waals surface area contributed by atoms with Crippen LogP contribution in [0.1, 0.15) is 23.6 Å². The Kier molecular flexibility index (Phi) is 3.69. The van der Waals surface area contributed by atoms with Crippen molar-refractivity contribution in [2.75, 3.05) is 13.1 Å². The third-order valence-electron chi connectivity index (χ3n) is 5.14. The minimum absolute atomic E-state index is 0.0781. The molecule has 0 aliphatic carbocycles. The molecule has 0 N–H and O–H groups in total. The van der Waals surface area contributed by atoms with Gasteiger partial charge in [-0.3, -0.25) is 19.8 Å². The van der Waals surface area contributed by atoms with Crippen molar-refractivity contribution in [3.05, 3.63) is 74.2 Å². The molecule has 1 aromatic heterocycles. The number of nitro groups is 1. The summed E-state index contributed by atoms with van der Waals surface area (Å²) in [5.74, 6) is 0.758. The maximum Gasteiger partial charge on any atom is 0.273 e. The molecular weight excluding hydrogens is 306 g/mol. The zero-order valence-corrected chi connectivity index (χ0v) is 13.3. The van der Waals surface area contributed by atoms with Crippen molar-refractivity contribution in [2.24, 2.45) is 5.92 Å². The van der Waals surface area contributed by atoms with E-state index in [-0.39, 0.29) is 16.2 Å². The molecule has 1 fully saturated rings. The first kappa shape index (κ1) is 15.1. The molecule has 3 heterocycles. The lowest BCUT2D eigenvalue weighted by molar-refractivity contribution is -0.385. The van der Waals surface area contributed by atoms with Gasteiger partial charge >= 0.3 is 0 Å². The van der Waals surface area contributed by atoms with Gasteiger partial charge in [-0.1, -0.05) is 24.3 Å². The van der Waals surface area contributed by atoms with Crippen molar-refractivity contribution in [3.8, 4) is 0 Å². The summed E-state index contributed by atoms with van der Waals surface area (Å²) in [5.41, 5.74) is 2.12. The molecule has 0 unspecified atom stereocenters. The van der Waals surface area contributed by atoms with Crippen LogP contribution in [-0.4, -0.2) is 27.5 Å². The number of nitro benzene ring substituents is 1. The number of para-hydroxylation sites is 1. The van der Waals surface area contributed by atoms with Crippen LogP contribution < -0.4 is 5.56 Å². The molecule has 0 saturated carbocycles. The van der Waals surface area contributed by atoms with Gasteiger partial charge in [0.1, 0.15) is 0 Å². The third kappa shape index (κ3) is 2.63. The lowest BCUT2D eigenvalue weighted by atomic mass is 9.83. The molecule has 0 amide bonds. The average Bonchev–Trinajstić information content (AvgIpc) is 2.56. The van der Waals surface area contributed by atoms with E-state index >= 15 is 0 Å². The molecule has 6 heteroatoms. The van der Waals surface area contributed by atoms with Crippen molar-refractivity contribution in [1.82, 2.24) is 9.47 Å². The number of rotatable bonds is 3. The first-order chi connectivity index (χ1) is 11.6. The number of hydrogen-bond acceptors (Lipinski definition) is 4. The second-order valence-corrected chi connectivity index (χ2v) is 6.78. The van der Waals surface area contributed by atoms with Gasteiger partial charge in [-0.15, -0.1) is 0 Å². The zero-order valence-electron chi connectivity index (χ0n) is 13.3. The van der Waals surface area contributed by atoms with Gasteiger partial charge in [0.25, 0.3) is 11.2 Å². The Morgan fingerprint density at radius 2 is 1.92 bits per heavy atom. The van der Waals surface area contributed by atoms with E-state index in [2.05, 4.69) is 4.90 Å². The lowest BCUT2D eigenvalue weighted by Crippen LogP contribution is -2.46. The molecule has 124 valence electrons. The van der Waals surface area contributed by atoms with E-state index in [1.807, 2.05) is 28.8 Å². The van der Waals surface area contributed by atoms with Gasteiger partial charge in [0.05, 0.1) is 4.92 Å². The molecule has 2 bridgehead atoms. The molecule has 1 aromatic carbocycles. The summed E-state index contributed by atoms with van der Waals surface area (Å²) >= 11 is 0. The highest BCUT2D eigenvalue weighted by Crippen LogP contribution is 2.36. The SMILES string of the molecule is O=c1cccc2n1C[C@H]1C[C@H]2CN(Cc2ccccc2[N+](=O)[O-])C1. The van der Waals surface area contributed by atoms with Crippen LogP contribution in [0.25, 0.3) is 0 Å². The first-order valence-electron chi connectivity index (χ1n) is 8.26. The van der Waals surface area contributed by atoms with E-state index in [1.54, 1.807) is 18.2 Å². The Morgan fingerprint density at radius 1 is 1.08 bits per heavy atom. The number of pyridine rings is 1. The number of fused-ring (bicyclic) bond motifs is 4. The summed E-state index contributed by atoms with van der Waals surface area (Å²) in [4.78, 5) is 25.3. The van der Waals surface area contributed by atoms with E-state index in [1.165, 1.54) is 0 Å². The largest absolute Gasteiger partial charge is 0.312 e. The number of benzene rings is 1. The lowest BCUT2D eigenvalue weighted by Gasteiger charge is -2.42. The van der Waals surface area contributed by atoms with E-state index in [9.17, 15) is 14.9 Å². The van der Waals surface area contributed by atoms with Crippen molar-refractivity contribution < 1.29 is 4.92 Å². The highest BCUT2D eigenvalue weighted by atomic mass is 16.6. The Morgan fingerprint density at radius 3 is 2.75 bits per heavy atom. The van der Waals surface area contributed by atoms with E-state index in [0.29, 0.717) is 18.4 Å². The summed E-state index contributed by atoms with van der Waals surface area (Å²) in [7, 11) is 0. The van der Waals surface area contributed by atoms with Crippen LogP contribution in [0.3, 0.4) is 0 Å². The van der Waals surface area contributed by atoms with Crippen LogP contribution in [0.5, 0.6) is 0 Å². The van der Waals surface area contributed by atoms with Crippen LogP contribution in [0.2, 0.25) is 0 Å². The van der Waals surface area contributed by atoms with Crippen molar-refractivity contribution >= 4 is 5.69 Å². The predicted octanol–water partition coefficient (Wildman–Crippen LogP) is 2.38. The van der Waals surface area contributed by atoms with Gasteiger partial charge in [0.2, 0.25) is 0 Å². The Hall–Kier alpha value is -2.47. The van der Waals surface area contributed by atoms with E-state index < -0.39 is 0 Å². The fourth-order valence-corrected chi connectivity index (χ4v) is 4.19. The van der Waals surface area contributed by atoms with Crippen LogP contribution >= 0.6 is 0 Å². The van der Waals surface area contributed by atoms with Crippen LogP contribution in [0.15, 0.2) is 47.3 Å². The van der Waals surface area contributed by atoms with Crippen LogP contribution in [-0.2, 0) is 13.1 Å². The summed E-state index contributed by atoms with van der Waals surface area (Å²) in [6, 6.07) is 12.4. The standard InChI is InChI=1S/C18H19N3O3/c22-18-7-3-6-16-15-8-13(10-20(16)18)9-19(12-15)11-14-4-1-2-5-17(14)21(23)24/h1-7,13,15H,8-12H2/t13-,15-/m0/s1. The maximum absolute atomic E-state index is 12.1. The van der Waals surface area contributed by atoms with Gasteiger partial charge in [-0.05, 0) is 18.4 Å². The molecular formula is C18H19N3O3. The Bertz CT molecular complexity index is 845. The topological polar surface area (TPSA) is 68.4 Å². The molecule has 0 radical (unpaired) electrons. The molecule has 2 aromatic rings.